The zero-order valence-corrected chi connectivity index (χ0v) is 6.44. The van der Waals surface area contributed by atoms with Crippen molar-refractivity contribution in [2.45, 2.75) is 0 Å². The summed E-state index contributed by atoms with van der Waals surface area (Å²) in [5.74, 6) is 2.39. The molecule has 0 aromatic heterocycles. The van der Waals surface area contributed by atoms with Gasteiger partial charge in [0, 0.05) is 0 Å². The van der Waals surface area contributed by atoms with Crippen molar-refractivity contribution in [3.63, 3.8) is 0 Å². The SMILES string of the molecule is CSC[CH]CSC. The van der Waals surface area contributed by atoms with Gasteiger partial charge in [0.2, 0.25) is 0 Å². The van der Waals surface area contributed by atoms with E-state index in [1.807, 2.05) is 23.5 Å². The molecule has 43 valence electrons. The zero-order valence-electron chi connectivity index (χ0n) is 4.81. The average Bonchev–Trinajstić information content (AvgIpc) is 1.69. The predicted molar refractivity (Wildman–Crippen MR) is 41.1 cm³/mol. The third-order valence-electron chi connectivity index (χ3n) is 0.569. The van der Waals surface area contributed by atoms with Crippen molar-refractivity contribution in [1.29, 1.82) is 0 Å². The van der Waals surface area contributed by atoms with Crippen LogP contribution in [0, 0.1) is 6.42 Å². The van der Waals surface area contributed by atoms with E-state index in [2.05, 4.69) is 18.9 Å². The first-order valence-corrected chi connectivity index (χ1v) is 5.00. The van der Waals surface area contributed by atoms with Crippen LogP contribution in [0.15, 0.2) is 0 Å². The van der Waals surface area contributed by atoms with Crippen LogP contribution in [-0.4, -0.2) is 24.0 Å². The fraction of sp³-hybridized carbons (Fsp3) is 0.800. The van der Waals surface area contributed by atoms with Crippen LogP contribution >= 0.6 is 23.5 Å². The fourth-order valence-electron chi connectivity index (χ4n) is 0.284. The minimum Gasteiger partial charge on any atom is -0.165 e. The van der Waals surface area contributed by atoms with E-state index in [1.165, 1.54) is 11.5 Å². The summed E-state index contributed by atoms with van der Waals surface area (Å²) in [4.78, 5) is 0. The van der Waals surface area contributed by atoms with Crippen LogP contribution < -0.4 is 0 Å². The molecule has 0 aromatic carbocycles. The summed E-state index contributed by atoms with van der Waals surface area (Å²) in [6.07, 6.45) is 6.53. The Morgan fingerprint density at radius 1 is 1.14 bits per heavy atom. The minimum absolute atomic E-state index is 1.20. The summed E-state index contributed by atoms with van der Waals surface area (Å²) in [5.41, 5.74) is 0. The van der Waals surface area contributed by atoms with Crippen molar-refractivity contribution in [3.8, 4) is 0 Å². The van der Waals surface area contributed by atoms with E-state index in [0.29, 0.717) is 0 Å². The van der Waals surface area contributed by atoms with Crippen LogP contribution in [0.4, 0.5) is 0 Å². The van der Waals surface area contributed by atoms with Crippen molar-refractivity contribution in [3.05, 3.63) is 6.42 Å². The number of hydrogen-bond donors (Lipinski definition) is 0. The average molecular weight is 135 g/mol. The van der Waals surface area contributed by atoms with Gasteiger partial charge in [-0.1, -0.05) is 0 Å². The highest BCUT2D eigenvalue weighted by molar-refractivity contribution is 7.99. The molecule has 0 aromatic rings. The van der Waals surface area contributed by atoms with Crippen LogP contribution in [0.2, 0.25) is 0 Å². The molecule has 0 aliphatic heterocycles. The van der Waals surface area contributed by atoms with Gasteiger partial charge in [0.05, 0.1) is 0 Å². The summed E-state index contributed by atoms with van der Waals surface area (Å²) in [6, 6.07) is 0. The Labute approximate surface area is 54.4 Å². The van der Waals surface area contributed by atoms with E-state index in [1.54, 1.807) is 0 Å². The Balaban J connectivity index is 2.45. The predicted octanol–water partition coefficient (Wildman–Crippen LogP) is 1.92. The summed E-state index contributed by atoms with van der Waals surface area (Å²) >= 11 is 3.75. The van der Waals surface area contributed by atoms with Gasteiger partial charge in [-0.25, -0.2) is 0 Å². The number of hydrogen-bond acceptors (Lipinski definition) is 2. The largest absolute Gasteiger partial charge is 0.165 e. The van der Waals surface area contributed by atoms with E-state index < -0.39 is 0 Å². The van der Waals surface area contributed by atoms with Crippen LogP contribution in [0.5, 0.6) is 0 Å². The molecule has 0 rings (SSSR count). The molecule has 1 radical (unpaired) electrons. The van der Waals surface area contributed by atoms with Gasteiger partial charge in [-0.2, -0.15) is 23.5 Å². The van der Waals surface area contributed by atoms with Gasteiger partial charge in [0.25, 0.3) is 0 Å². The first kappa shape index (κ1) is 7.70. The second kappa shape index (κ2) is 6.70. The Kier molecular flexibility index (Phi) is 7.37. The second-order valence-corrected chi connectivity index (χ2v) is 3.02. The van der Waals surface area contributed by atoms with Crippen molar-refractivity contribution in [2.75, 3.05) is 24.0 Å². The van der Waals surface area contributed by atoms with Gasteiger partial charge < -0.3 is 0 Å². The lowest BCUT2D eigenvalue weighted by atomic mass is 10.6. The molecule has 0 heterocycles. The molecule has 0 aliphatic rings. The molecule has 0 saturated carbocycles. The fourth-order valence-corrected chi connectivity index (χ4v) is 1.14. The number of rotatable bonds is 4. The molecule has 0 aliphatic carbocycles. The molecular weight excluding hydrogens is 124 g/mol. The summed E-state index contributed by atoms with van der Waals surface area (Å²) in [5, 5.41) is 0. The van der Waals surface area contributed by atoms with Crippen molar-refractivity contribution >= 4 is 23.5 Å². The normalized spacial score (nSPS) is 9.43. The summed E-state index contributed by atoms with van der Waals surface area (Å²) in [6.45, 7) is 0. The molecule has 0 saturated heterocycles. The Morgan fingerprint density at radius 2 is 1.57 bits per heavy atom. The topological polar surface area (TPSA) is 0 Å². The van der Waals surface area contributed by atoms with E-state index in [9.17, 15) is 0 Å². The van der Waals surface area contributed by atoms with E-state index in [-0.39, 0.29) is 0 Å². The molecule has 0 fully saturated rings. The van der Waals surface area contributed by atoms with Gasteiger partial charge in [-0.15, -0.1) is 0 Å². The summed E-state index contributed by atoms with van der Waals surface area (Å²) < 4.78 is 0. The van der Waals surface area contributed by atoms with Gasteiger partial charge in [0.1, 0.15) is 0 Å². The minimum atomic E-state index is 1.20. The Morgan fingerprint density at radius 3 is 1.86 bits per heavy atom. The third kappa shape index (κ3) is 6.70. The quantitative estimate of drug-likeness (QED) is 0.540. The van der Waals surface area contributed by atoms with Crippen molar-refractivity contribution in [1.82, 2.24) is 0 Å². The van der Waals surface area contributed by atoms with Crippen LogP contribution in [-0.2, 0) is 0 Å². The Hall–Kier alpha value is 0.700. The first-order valence-electron chi connectivity index (χ1n) is 2.21. The van der Waals surface area contributed by atoms with Crippen molar-refractivity contribution in [2.24, 2.45) is 0 Å². The van der Waals surface area contributed by atoms with E-state index in [4.69, 9.17) is 0 Å². The highest BCUT2D eigenvalue weighted by Gasteiger charge is 1.80. The molecule has 0 N–H and O–H groups in total. The zero-order chi connectivity index (χ0) is 5.54. The molecular formula is C5H11S2. The van der Waals surface area contributed by atoms with Crippen LogP contribution in [0.25, 0.3) is 0 Å². The molecule has 7 heavy (non-hydrogen) atoms. The summed E-state index contributed by atoms with van der Waals surface area (Å²) in [7, 11) is 0. The lowest BCUT2D eigenvalue weighted by molar-refractivity contribution is 1.45. The maximum absolute atomic E-state index is 2.29. The maximum atomic E-state index is 2.29. The van der Waals surface area contributed by atoms with E-state index >= 15 is 0 Å². The Bertz CT molecular complexity index is 25.3. The van der Waals surface area contributed by atoms with Gasteiger partial charge >= 0.3 is 0 Å². The molecule has 2 heteroatoms. The molecule has 0 amide bonds. The van der Waals surface area contributed by atoms with Gasteiger partial charge in [0.15, 0.2) is 0 Å². The lowest BCUT2D eigenvalue weighted by Crippen LogP contribution is -1.81. The number of thioether (sulfide) groups is 2. The second-order valence-electron chi connectivity index (χ2n) is 1.20. The molecule has 0 nitrogen and oxygen atoms in total. The highest BCUT2D eigenvalue weighted by atomic mass is 32.2. The van der Waals surface area contributed by atoms with Crippen LogP contribution in [0.1, 0.15) is 0 Å². The lowest BCUT2D eigenvalue weighted by Gasteiger charge is -1.90. The van der Waals surface area contributed by atoms with Gasteiger partial charge in [-0.05, 0) is 30.4 Å². The standard InChI is InChI=1S/C5H11S2/c1-6-4-3-5-7-2/h3H,4-5H2,1-2H3. The third-order valence-corrected chi connectivity index (χ3v) is 1.71. The monoisotopic (exact) mass is 135 g/mol. The smallest absolute Gasteiger partial charge is 0.00308 e. The molecule has 0 bridgehead atoms. The van der Waals surface area contributed by atoms with Crippen molar-refractivity contribution < 1.29 is 0 Å². The molecule has 0 atom stereocenters. The maximum Gasteiger partial charge on any atom is -0.00308 e. The molecule has 0 unspecified atom stereocenters. The first-order chi connectivity index (χ1) is 3.41. The molecule has 0 spiro atoms. The van der Waals surface area contributed by atoms with Crippen LogP contribution in [0.3, 0.4) is 0 Å². The van der Waals surface area contributed by atoms with E-state index in [0.717, 1.165) is 0 Å². The highest BCUT2D eigenvalue weighted by Crippen LogP contribution is 1.99. The van der Waals surface area contributed by atoms with Gasteiger partial charge in [-0.3, -0.25) is 0 Å².